The number of carbonyl (C=O) groups excluding carboxylic acids is 1. The molecule has 0 radical (unpaired) electrons. The molecule has 0 saturated carbocycles. The van der Waals surface area contributed by atoms with Gasteiger partial charge in [-0.3, -0.25) is 14.9 Å². The predicted octanol–water partition coefficient (Wildman–Crippen LogP) is 1.71. The SMILES string of the molecule is Cc1ccc([N+](=O)[O-])c(C(=O)N2CCC(CN)CC2)c1. The number of nitro benzene ring substituents is 1. The van der Waals surface area contributed by atoms with E-state index in [2.05, 4.69) is 0 Å². The van der Waals surface area contributed by atoms with Crippen molar-refractivity contribution in [1.29, 1.82) is 0 Å². The lowest BCUT2D eigenvalue weighted by molar-refractivity contribution is -0.385. The molecule has 1 aromatic rings. The number of rotatable bonds is 3. The van der Waals surface area contributed by atoms with Crippen molar-refractivity contribution in [2.75, 3.05) is 19.6 Å². The van der Waals surface area contributed by atoms with Crippen LogP contribution < -0.4 is 5.73 Å². The average molecular weight is 277 g/mol. The third-order valence-corrected chi connectivity index (χ3v) is 3.81. The van der Waals surface area contributed by atoms with Crippen LogP contribution in [0.25, 0.3) is 0 Å². The number of nitrogens with zero attached hydrogens (tertiary/aromatic N) is 2. The normalized spacial score (nSPS) is 16.2. The van der Waals surface area contributed by atoms with Gasteiger partial charge in [-0.15, -0.1) is 0 Å². The van der Waals surface area contributed by atoms with Crippen molar-refractivity contribution in [2.45, 2.75) is 19.8 Å². The molecule has 2 N–H and O–H groups in total. The van der Waals surface area contributed by atoms with Gasteiger partial charge >= 0.3 is 0 Å². The summed E-state index contributed by atoms with van der Waals surface area (Å²) in [5.41, 5.74) is 6.53. The molecule has 1 saturated heterocycles. The number of nitro groups is 1. The third kappa shape index (κ3) is 2.96. The Hall–Kier alpha value is -1.95. The second-order valence-electron chi connectivity index (χ2n) is 5.25. The summed E-state index contributed by atoms with van der Waals surface area (Å²) in [7, 11) is 0. The molecule has 1 heterocycles. The molecule has 1 aliphatic rings. The minimum atomic E-state index is -0.501. The summed E-state index contributed by atoms with van der Waals surface area (Å²) < 4.78 is 0. The van der Waals surface area contributed by atoms with Gasteiger partial charge in [-0.05, 0) is 43.9 Å². The van der Waals surface area contributed by atoms with Gasteiger partial charge in [-0.2, -0.15) is 0 Å². The van der Waals surface area contributed by atoms with Gasteiger partial charge in [0.05, 0.1) is 4.92 Å². The van der Waals surface area contributed by atoms with E-state index in [0.717, 1.165) is 18.4 Å². The van der Waals surface area contributed by atoms with E-state index in [0.29, 0.717) is 25.6 Å². The van der Waals surface area contributed by atoms with E-state index in [4.69, 9.17) is 5.73 Å². The molecule has 1 amide bonds. The van der Waals surface area contributed by atoms with E-state index in [1.165, 1.54) is 6.07 Å². The molecule has 6 heteroatoms. The first kappa shape index (κ1) is 14.5. The molecule has 1 aromatic carbocycles. The Morgan fingerprint density at radius 3 is 2.65 bits per heavy atom. The van der Waals surface area contributed by atoms with Gasteiger partial charge in [-0.1, -0.05) is 6.07 Å². The van der Waals surface area contributed by atoms with E-state index >= 15 is 0 Å². The van der Waals surface area contributed by atoms with Gasteiger partial charge in [0.2, 0.25) is 0 Å². The Morgan fingerprint density at radius 1 is 1.45 bits per heavy atom. The molecule has 2 rings (SSSR count). The minimum absolute atomic E-state index is 0.124. The predicted molar refractivity (Wildman–Crippen MR) is 75.5 cm³/mol. The highest BCUT2D eigenvalue weighted by Gasteiger charge is 2.27. The highest BCUT2D eigenvalue weighted by molar-refractivity contribution is 5.98. The fourth-order valence-corrected chi connectivity index (χ4v) is 2.52. The zero-order valence-electron chi connectivity index (χ0n) is 11.5. The van der Waals surface area contributed by atoms with Crippen molar-refractivity contribution in [3.8, 4) is 0 Å². The van der Waals surface area contributed by atoms with Crippen LogP contribution in [0, 0.1) is 23.0 Å². The number of amides is 1. The van der Waals surface area contributed by atoms with Crippen LogP contribution in [0.2, 0.25) is 0 Å². The van der Waals surface area contributed by atoms with Crippen LogP contribution in [0.4, 0.5) is 5.69 Å². The lowest BCUT2D eigenvalue weighted by Crippen LogP contribution is -2.40. The molecule has 0 bridgehead atoms. The standard InChI is InChI=1S/C14H19N3O3/c1-10-2-3-13(17(19)20)12(8-10)14(18)16-6-4-11(9-15)5-7-16/h2-3,8,11H,4-7,9,15H2,1H3. The average Bonchev–Trinajstić information content (AvgIpc) is 2.46. The fourth-order valence-electron chi connectivity index (χ4n) is 2.52. The van der Waals surface area contributed by atoms with Crippen LogP contribution in [-0.4, -0.2) is 35.4 Å². The fraction of sp³-hybridized carbons (Fsp3) is 0.500. The van der Waals surface area contributed by atoms with Crippen molar-refractivity contribution in [3.63, 3.8) is 0 Å². The number of likely N-dealkylation sites (tertiary alicyclic amines) is 1. The van der Waals surface area contributed by atoms with Crippen molar-refractivity contribution < 1.29 is 9.72 Å². The summed E-state index contributed by atoms with van der Waals surface area (Å²) in [5.74, 6) is 0.197. The molecule has 108 valence electrons. The van der Waals surface area contributed by atoms with Crippen molar-refractivity contribution >= 4 is 11.6 Å². The van der Waals surface area contributed by atoms with Crippen LogP contribution in [-0.2, 0) is 0 Å². The maximum Gasteiger partial charge on any atom is 0.282 e. The molecule has 20 heavy (non-hydrogen) atoms. The zero-order valence-corrected chi connectivity index (χ0v) is 11.5. The number of aryl methyl sites for hydroxylation is 1. The van der Waals surface area contributed by atoms with Crippen LogP contribution in [0.5, 0.6) is 0 Å². The first-order chi connectivity index (χ1) is 9.52. The van der Waals surface area contributed by atoms with Crippen LogP contribution in [0.1, 0.15) is 28.8 Å². The monoisotopic (exact) mass is 277 g/mol. The molecule has 6 nitrogen and oxygen atoms in total. The minimum Gasteiger partial charge on any atom is -0.338 e. The Balaban J connectivity index is 2.21. The van der Waals surface area contributed by atoms with Gasteiger partial charge in [0, 0.05) is 19.2 Å². The lowest BCUT2D eigenvalue weighted by Gasteiger charge is -2.31. The van der Waals surface area contributed by atoms with E-state index in [9.17, 15) is 14.9 Å². The van der Waals surface area contributed by atoms with Gasteiger partial charge in [-0.25, -0.2) is 0 Å². The van der Waals surface area contributed by atoms with E-state index in [1.54, 1.807) is 17.0 Å². The van der Waals surface area contributed by atoms with Gasteiger partial charge in [0.15, 0.2) is 0 Å². The summed E-state index contributed by atoms with van der Waals surface area (Å²) >= 11 is 0. The first-order valence-corrected chi connectivity index (χ1v) is 6.77. The molecule has 1 aliphatic heterocycles. The smallest absolute Gasteiger partial charge is 0.282 e. The molecular weight excluding hydrogens is 258 g/mol. The lowest BCUT2D eigenvalue weighted by atomic mass is 9.96. The second kappa shape index (κ2) is 6.00. The molecule has 0 unspecified atom stereocenters. The van der Waals surface area contributed by atoms with Gasteiger partial charge in [0.1, 0.15) is 5.56 Å². The highest BCUT2D eigenvalue weighted by atomic mass is 16.6. The summed E-state index contributed by atoms with van der Waals surface area (Å²) in [6.07, 6.45) is 1.73. The summed E-state index contributed by atoms with van der Waals surface area (Å²) in [6, 6.07) is 4.64. The summed E-state index contributed by atoms with van der Waals surface area (Å²) in [6.45, 7) is 3.69. The van der Waals surface area contributed by atoms with Gasteiger partial charge < -0.3 is 10.6 Å². The Labute approximate surface area is 117 Å². The number of hydrogen-bond acceptors (Lipinski definition) is 4. The first-order valence-electron chi connectivity index (χ1n) is 6.77. The van der Waals surface area contributed by atoms with E-state index in [1.807, 2.05) is 6.92 Å². The molecule has 0 aromatic heterocycles. The zero-order chi connectivity index (χ0) is 14.7. The van der Waals surface area contributed by atoms with E-state index < -0.39 is 4.92 Å². The van der Waals surface area contributed by atoms with Gasteiger partial charge in [0.25, 0.3) is 11.6 Å². The Morgan fingerprint density at radius 2 is 2.10 bits per heavy atom. The number of piperidine rings is 1. The maximum atomic E-state index is 12.5. The van der Waals surface area contributed by atoms with Crippen LogP contribution in [0.3, 0.4) is 0 Å². The Kier molecular flexibility index (Phi) is 4.34. The second-order valence-corrected chi connectivity index (χ2v) is 5.25. The largest absolute Gasteiger partial charge is 0.338 e. The van der Waals surface area contributed by atoms with Crippen molar-refractivity contribution in [2.24, 2.45) is 11.7 Å². The molecule has 0 atom stereocenters. The maximum absolute atomic E-state index is 12.5. The third-order valence-electron chi connectivity index (χ3n) is 3.81. The topological polar surface area (TPSA) is 89.5 Å². The molecule has 0 spiro atoms. The number of benzene rings is 1. The quantitative estimate of drug-likeness (QED) is 0.672. The molecular formula is C14H19N3O3. The number of carbonyl (C=O) groups is 1. The van der Waals surface area contributed by atoms with Crippen molar-refractivity contribution in [3.05, 3.63) is 39.4 Å². The Bertz CT molecular complexity index is 522. The summed E-state index contributed by atoms with van der Waals surface area (Å²) in [5, 5.41) is 11.0. The number of hydrogen-bond donors (Lipinski definition) is 1. The van der Waals surface area contributed by atoms with Crippen LogP contribution >= 0.6 is 0 Å². The molecule has 1 fully saturated rings. The highest BCUT2D eigenvalue weighted by Crippen LogP contribution is 2.24. The van der Waals surface area contributed by atoms with Crippen LogP contribution in [0.15, 0.2) is 18.2 Å². The van der Waals surface area contributed by atoms with Crippen molar-refractivity contribution in [1.82, 2.24) is 4.90 Å². The molecule has 0 aliphatic carbocycles. The summed E-state index contributed by atoms with van der Waals surface area (Å²) in [4.78, 5) is 24.7. The number of nitrogens with two attached hydrogens (primary N) is 1. The van der Waals surface area contributed by atoms with E-state index in [-0.39, 0.29) is 17.2 Å².